The molecule has 0 bridgehead atoms. The zero-order chi connectivity index (χ0) is 17.5. The number of nitrogens with two attached hydrogens (primary N) is 1. The van der Waals surface area contributed by atoms with Crippen molar-refractivity contribution in [3.63, 3.8) is 0 Å². The molecule has 1 aromatic heterocycles. The molecule has 0 aliphatic rings. The van der Waals surface area contributed by atoms with Crippen LogP contribution in [-0.2, 0) is 11.2 Å². The van der Waals surface area contributed by atoms with Crippen molar-refractivity contribution >= 4 is 23.2 Å². The largest absolute Gasteiger partial charge is 0.384 e. The first-order chi connectivity index (χ1) is 11.4. The van der Waals surface area contributed by atoms with Crippen molar-refractivity contribution in [2.24, 2.45) is 5.92 Å². The SMILES string of the molecule is CC(C)Cc1ccc(C(=O)CCC(=O)Nc2ccc(N)nc2)cc1. The van der Waals surface area contributed by atoms with E-state index in [-0.39, 0.29) is 24.5 Å². The van der Waals surface area contributed by atoms with Gasteiger partial charge in [0.15, 0.2) is 5.78 Å². The van der Waals surface area contributed by atoms with Crippen molar-refractivity contribution in [1.82, 2.24) is 4.98 Å². The fourth-order valence-electron chi connectivity index (χ4n) is 2.37. The molecule has 0 spiro atoms. The van der Waals surface area contributed by atoms with Crippen LogP contribution in [0.1, 0.15) is 42.6 Å². The zero-order valence-corrected chi connectivity index (χ0v) is 14.1. The van der Waals surface area contributed by atoms with E-state index in [1.165, 1.54) is 11.8 Å². The summed E-state index contributed by atoms with van der Waals surface area (Å²) in [5, 5.41) is 2.70. The van der Waals surface area contributed by atoms with Crippen LogP contribution in [-0.4, -0.2) is 16.7 Å². The van der Waals surface area contributed by atoms with E-state index in [0.717, 1.165) is 6.42 Å². The summed E-state index contributed by atoms with van der Waals surface area (Å²) in [6.45, 7) is 4.32. The highest BCUT2D eigenvalue weighted by molar-refractivity contribution is 6.00. The summed E-state index contributed by atoms with van der Waals surface area (Å²) in [7, 11) is 0. The van der Waals surface area contributed by atoms with Crippen LogP contribution in [0.25, 0.3) is 0 Å². The minimum atomic E-state index is -0.216. The van der Waals surface area contributed by atoms with E-state index >= 15 is 0 Å². The summed E-state index contributed by atoms with van der Waals surface area (Å²) in [5.74, 6) is 0.727. The Bertz CT molecular complexity index is 692. The Labute approximate surface area is 142 Å². The predicted molar refractivity (Wildman–Crippen MR) is 95.8 cm³/mol. The monoisotopic (exact) mass is 325 g/mol. The van der Waals surface area contributed by atoms with Gasteiger partial charge in [-0.2, -0.15) is 0 Å². The zero-order valence-electron chi connectivity index (χ0n) is 14.1. The molecule has 0 aliphatic heterocycles. The average Bonchev–Trinajstić information content (AvgIpc) is 2.55. The van der Waals surface area contributed by atoms with Crippen molar-refractivity contribution in [3.05, 3.63) is 53.7 Å². The van der Waals surface area contributed by atoms with Gasteiger partial charge in [0.1, 0.15) is 5.82 Å². The number of carbonyl (C=O) groups is 2. The number of nitrogens with zero attached hydrogens (tertiary/aromatic N) is 1. The average molecular weight is 325 g/mol. The van der Waals surface area contributed by atoms with Gasteiger partial charge >= 0.3 is 0 Å². The standard InChI is InChI=1S/C19H23N3O2/c1-13(2)11-14-3-5-15(6-4-14)17(23)8-10-19(24)22-16-7-9-18(20)21-12-16/h3-7,9,12-13H,8,10-11H2,1-2H3,(H2,20,21)(H,22,24). The normalized spacial score (nSPS) is 10.6. The van der Waals surface area contributed by atoms with Crippen LogP contribution in [0, 0.1) is 5.92 Å². The maximum atomic E-state index is 12.2. The number of aromatic nitrogens is 1. The number of pyridine rings is 1. The highest BCUT2D eigenvalue weighted by Gasteiger charge is 2.10. The van der Waals surface area contributed by atoms with Crippen LogP contribution >= 0.6 is 0 Å². The fourth-order valence-corrected chi connectivity index (χ4v) is 2.37. The van der Waals surface area contributed by atoms with Crippen LogP contribution in [0.5, 0.6) is 0 Å². The van der Waals surface area contributed by atoms with E-state index < -0.39 is 0 Å². The molecule has 1 amide bonds. The molecule has 0 fully saturated rings. The van der Waals surface area contributed by atoms with E-state index in [9.17, 15) is 9.59 Å². The molecule has 0 radical (unpaired) electrons. The summed E-state index contributed by atoms with van der Waals surface area (Å²) in [4.78, 5) is 28.0. The van der Waals surface area contributed by atoms with Crippen molar-refractivity contribution < 1.29 is 9.59 Å². The lowest BCUT2D eigenvalue weighted by atomic mass is 9.99. The molecule has 5 nitrogen and oxygen atoms in total. The minimum absolute atomic E-state index is 0.0309. The van der Waals surface area contributed by atoms with Gasteiger partial charge in [-0.25, -0.2) is 4.98 Å². The molecule has 2 rings (SSSR count). The molecule has 126 valence electrons. The Hall–Kier alpha value is -2.69. The van der Waals surface area contributed by atoms with Gasteiger partial charge in [0, 0.05) is 18.4 Å². The molecule has 1 aromatic carbocycles. The summed E-state index contributed by atoms with van der Waals surface area (Å²) in [5.41, 5.74) is 7.92. The molecule has 5 heteroatoms. The minimum Gasteiger partial charge on any atom is -0.384 e. The number of amides is 1. The second-order valence-electron chi connectivity index (χ2n) is 6.24. The number of nitrogen functional groups attached to an aromatic ring is 1. The third-order valence-corrected chi connectivity index (χ3v) is 3.57. The number of nitrogens with one attached hydrogen (secondary N) is 1. The number of Topliss-reactive ketones (excluding diaryl/α,β-unsaturated/α-hetero) is 1. The number of carbonyl (C=O) groups excluding carboxylic acids is 2. The first-order valence-electron chi connectivity index (χ1n) is 8.07. The van der Waals surface area contributed by atoms with Crippen molar-refractivity contribution in [2.75, 3.05) is 11.1 Å². The van der Waals surface area contributed by atoms with Crippen LogP contribution in [0.3, 0.4) is 0 Å². The topological polar surface area (TPSA) is 85.1 Å². The second kappa shape index (κ2) is 8.24. The molecule has 2 aromatic rings. The maximum Gasteiger partial charge on any atom is 0.224 e. The molecular weight excluding hydrogens is 302 g/mol. The van der Waals surface area contributed by atoms with E-state index in [1.54, 1.807) is 12.1 Å². The van der Waals surface area contributed by atoms with Gasteiger partial charge in [0.25, 0.3) is 0 Å². The fraction of sp³-hybridized carbons (Fsp3) is 0.316. The highest BCUT2D eigenvalue weighted by atomic mass is 16.2. The van der Waals surface area contributed by atoms with Gasteiger partial charge < -0.3 is 11.1 Å². The number of ketones is 1. The second-order valence-corrected chi connectivity index (χ2v) is 6.24. The highest BCUT2D eigenvalue weighted by Crippen LogP contribution is 2.13. The summed E-state index contributed by atoms with van der Waals surface area (Å²) in [6.07, 6.45) is 2.80. The van der Waals surface area contributed by atoms with Crippen LogP contribution in [0.4, 0.5) is 11.5 Å². The molecular formula is C19H23N3O2. The Morgan fingerprint density at radius 1 is 1.08 bits per heavy atom. The number of rotatable bonds is 7. The Morgan fingerprint density at radius 2 is 1.79 bits per heavy atom. The van der Waals surface area contributed by atoms with E-state index in [2.05, 4.69) is 24.1 Å². The first-order valence-corrected chi connectivity index (χ1v) is 8.07. The Morgan fingerprint density at radius 3 is 2.38 bits per heavy atom. The number of anilines is 2. The van der Waals surface area contributed by atoms with Crippen LogP contribution < -0.4 is 11.1 Å². The molecule has 0 aliphatic carbocycles. The van der Waals surface area contributed by atoms with Crippen LogP contribution in [0.2, 0.25) is 0 Å². The predicted octanol–water partition coefficient (Wildman–Crippen LogP) is 3.46. The molecule has 0 saturated heterocycles. The third kappa shape index (κ3) is 5.50. The Kier molecular flexibility index (Phi) is 6.07. The Balaban J connectivity index is 1.83. The van der Waals surface area contributed by atoms with Gasteiger partial charge in [-0.1, -0.05) is 38.1 Å². The maximum absolute atomic E-state index is 12.2. The van der Waals surface area contributed by atoms with Gasteiger partial charge in [0.2, 0.25) is 5.91 Å². The van der Waals surface area contributed by atoms with E-state index in [1.807, 2.05) is 24.3 Å². The van der Waals surface area contributed by atoms with Gasteiger partial charge in [-0.05, 0) is 30.0 Å². The summed E-state index contributed by atoms with van der Waals surface area (Å²) in [6, 6.07) is 10.9. The lowest BCUT2D eigenvalue weighted by molar-refractivity contribution is -0.116. The molecule has 0 unspecified atom stereocenters. The lowest BCUT2D eigenvalue weighted by Crippen LogP contribution is -2.13. The number of hydrogen-bond acceptors (Lipinski definition) is 4. The van der Waals surface area contributed by atoms with E-state index in [0.29, 0.717) is 23.0 Å². The van der Waals surface area contributed by atoms with Gasteiger partial charge in [-0.3, -0.25) is 9.59 Å². The van der Waals surface area contributed by atoms with Gasteiger partial charge in [-0.15, -0.1) is 0 Å². The molecule has 0 saturated carbocycles. The van der Waals surface area contributed by atoms with Gasteiger partial charge in [0.05, 0.1) is 11.9 Å². The molecule has 24 heavy (non-hydrogen) atoms. The molecule has 3 N–H and O–H groups in total. The van der Waals surface area contributed by atoms with Crippen molar-refractivity contribution in [2.45, 2.75) is 33.1 Å². The summed E-state index contributed by atoms with van der Waals surface area (Å²) >= 11 is 0. The van der Waals surface area contributed by atoms with E-state index in [4.69, 9.17) is 5.73 Å². The quantitative estimate of drug-likeness (QED) is 0.763. The molecule has 1 heterocycles. The smallest absolute Gasteiger partial charge is 0.224 e. The number of hydrogen-bond donors (Lipinski definition) is 2. The van der Waals surface area contributed by atoms with Crippen molar-refractivity contribution in [1.29, 1.82) is 0 Å². The number of benzene rings is 1. The summed E-state index contributed by atoms with van der Waals surface area (Å²) < 4.78 is 0. The van der Waals surface area contributed by atoms with Crippen LogP contribution in [0.15, 0.2) is 42.6 Å². The lowest BCUT2D eigenvalue weighted by Gasteiger charge is -2.07. The third-order valence-electron chi connectivity index (χ3n) is 3.57. The molecule has 0 atom stereocenters. The van der Waals surface area contributed by atoms with Crippen molar-refractivity contribution in [3.8, 4) is 0 Å². The first kappa shape index (κ1) is 17.7.